The lowest BCUT2D eigenvalue weighted by Crippen LogP contribution is -2.20. The van der Waals surface area contributed by atoms with Crippen molar-refractivity contribution in [3.05, 3.63) is 36.2 Å². The van der Waals surface area contributed by atoms with Crippen LogP contribution in [0.4, 0.5) is 5.82 Å². The van der Waals surface area contributed by atoms with Gasteiger partial charge in [0.05, 0.1) is 5.69 Å². The van der Waals surface area contributed by atoms with Crippen LogP contribution < -0.4 is 4.90 Å². The van der Waals surface area contributed by atoms with Crippen LogP contribution in [-0.4, -0.2) is 33.6 Å². The number of rotatable bonds is 4. The van der Waals surface area contributed by atoms with Gasteiger partial charge in [0.2, 0.25) is 0 Å². The van der Waals surface area contributed by atoms with E-state index in [-0.39, 0.29) is 0 Å². The largest absolute Gasteiger partial charge is 0.478 e. The molecule has 0 spiro atoms. The molecular weight excluding hydrogens is 266 g/mol. The Morgan fingerprint density at radius 1 is 1.52 bits per heavy atom. The molecule has 1 saturated heterocycles. The van der Waals surface area contributed by atoms with Crippen molar-refractivity contribution >= 4 is 23.5 Å². The van der Waals surface area contributed by atoms with Crippen LogP contribution in [0.5, 0.6) is 0 Å². The molecule has 0 aromatic carbocycles. The number of carboxylic acids is 1. The molecule has 1 fully saturated rings. The zero-order valence-electron chi connectivity index (χ0n) is 12.1. The molecule has 2 aromatic heterocycles. The highest BCUT2D eigenvalue weighted by Crippen LogP contribution is 2.29. The Balaban J connectivity index is 2.04. The Bertz CT molecular complexity index is 690. The van der Waals surface area contributed by atoms with Gasteiger partial charge in [0.15, 0.2) is 5.82 Å². The number of carboxylic acid groups (broad SMARTS) is 1. The number of carbonyl (C=O) groups is 1. The number of hydrogen-bond donors (Lipinski definition) is 1. The maximum absolute atomic E-state index is 10.8. The Labute approximate surface area is 123 Å². The van der Waals surface area contributed by atoms with Crippen LogP contribution in [0.1, 0.15) is 25.5 Å². The molecule has 1 aliphatic rings. The fraction of sp³-hybridized carbons (Fsp3) is 0.375. The van der Waals surface area contributed by atoms with E-state index in [2.05, 4.69) is 16.8 Å². The van der Waals surface area contributed by atoms with Crippen molar-refractivity contribution in [1.82, 2.24) is 9.38 Å². The van der Waals surface area contributed by atoms with E-state index < -0.39 is 5.97 Å². The molecule has 21 heavy (non-hydrogen) atoms. The summed E-state index contributed by atoms with van der Waals surface area (Å²) >= 11 is 0. The second kappa shape index (κ2) is 5.60. The zero-order valence-corrected chi connectivity index (χ0v) is 12.1. The lowest BCUT2D eigenvalue weighted by Gasteiger charge is -2.16. The average molecular weight is 285 g/mol. The number of nitrogens with zero attached hydrogens (tertiary/aromatic N) is 3. The normalized spacial score (nSPS) is 18.9. The van der Waals surface area contributed by atoms with Gasteiger partial charge in [-0.1, -0.05) is 19.4 Å². The SMILES string of the molecule is CCC1CCN(c2nc3ccccn3c2/C=C/C(=O)O)C1. The lowest BCUT2D eigenvalue weighted by molar-refractivity contribution is -0.131. The molecule has 0 amide bonds. The standard InChI is InChI=1S/C16H19N3O2/c1-2-12-8-10-18(11-12)16-13(6-7-15(20)21)19-9-4-3-5-14(19)17-16/h3-7,9,12H,2,8,10-11H2,1H3,(H,20,21)/b7-6+. The van der Waals surface area contributed by atoms with Gasteiger partial charge in [0.1, 0.15) is 5.65 Å². The van der Waals surface area contributed by atoms with E-state index in [9.17, 15) is 4.79 Å². The fourth-order valence-electron chi connectivity index (χ4n) is 2.90. The summed E-state index contributed by atoms with van der Waals surface area (Å²) in [6, 6.07) is 5.81. The number of aliphatic carboxylic acids is 1. The maximum atomic E-state index is 10.8. The summed E-state index contributed by atoms with van der Waals surface area (Å²) in [4.78, 5) is 17.8. The molecular formula is C16H19N3O2. The number of imidazole rings is 1. The van der Waals surface area contributed by atoms with Crippen LogP contribution in [-0.2, 0) is 4.79 Å². The third-order valence-corrected chi connectivity index (χ3v) is 4.09. The fourth-order valence-corrected chi connectivity index (χ4v) is 2.90. The van der Waals surface area contributed by atoms with Gasteiger partial charge in [-0.15, -0.1) is 0 Å². The summed E-state index contributed by atoms with van der Waals surface area (Å²) < 4.78 is 1.94. The number of anilines is 1. The van der Waals surface area contributed by atoms with E-state index in [1.54, 1.807) is 6.08 Å². The predicted octanol–water partition coefficient (Wildman–Crippen LogP) is 2.67. The van der Waals surface area contributed by atoms with E-state index in [4.69, 9.17) is 5.11 Å². The van der Waals surface area contributed by atoms with Crippen LogP contribution in [0.15, 0.2) is 30.5 Å². The van der Waals surface area contributed by atoms with Crippen LogP contribution in [0.2, 0.25) is 0 Å². The molecule has 1 unspecified atom stereocenters. The van der Waals surface area contributed by atoms with Gasteiger partial charge >= 0.3 is 5.97 Å². The molecule has 5 nitrogen and oxygen atoms in total. The molecule has 3 heterocycles. The Morgan fingerprint density at radius 2 is 2.38 bits per heavy atom. The molecule has 0 bridgehead atoms. The molecule has 110 valence electrons. The Morgan fingerprint density at radius 3 is 3.10 bits per heavy atom. The van der Waals surface area contributed by atoms with Crippen molar-refractivity contribution < 1.29 is 9.90 Å². The highest BCUT2D eigenvalue weighted by Gasteiger charge is 2.25. The third-order valence-electron chi connectivity index (χ3n) is 4.09. The second-order valence-corrected chi connectivity index (χ2v) is 5.43. The number of aromatic nitrogens is 2. The van der Waals surface area contributed by atoms with Crippen molar-refractivity contribution in [2.75, 3.05) is 18.0 Å². The van der Waals surface area contributed by atoms with E-state index >= 15 is 0 Å². The first-order valence-electron chi connectivity index (χ1n) is 7.32. The number of pyridine rings is 1. The van der Waals surface area contributed by atoms with Gasteiger partial charge in [-0.2, -0.15) is 0 Å². The van der Waals surface area contributed by atoms with Gasteiger partial charge in [0, 0.05) is 25.4 Å². The predicted molar refractivity (Wildman–Crippen MR) is 82.5 cm³/mol. The van der Waals surface area contributed by atoms with Crippen molar-refractivity contribution in [2.45, 2.75) is 19.8 Å². The molecule has 0 aliphatic carbocycles. The van der Waals surface area contributed by atoms with E-state index in [1.807, 2.05) is 28.8 Å². The summed E-state index contributed by atoms with van der Waals surface area (Å²) in [5.74, 6) is 0.639. The Hall–Kier alpha value is -2.30. The molecule has 1 N–H and O–H groups in total. The van der Waals surface area contributed by atoms with Gasteiger partial charge in [0.25, 0.3) is 0 Å². The minimum atomic E-state index is -0.945. The first-order valence-corrected chi connectivity index (χ1v) is 7.32. The monoisotopic (exact) mass is 285 g/mol. The lowest BCUT2D eigenvalue weighted by atomic mass is 10.1. The van der Waals surface area contributed by atoms with E-state index in [0.717, 1.165) is 30.2 Å². The Kier molecular flexibility index (Phi) is 3.64. The second-order valence-electron chi connectivity index (χ2n) is 5.43. The van der Waals surface area contributed by atoms with Crippen LogP contribution in [0, 0.1) is 5.92 Å². The molecule has 0 saturated carbocycles. The van der Waals surface area contributed by atoms with Gasteiger partial charge in [-0.05, 0) is 30.5 Å². The zero-order chi connectivity index (χ0) is 14.8. The van der Waals surface area contributed by atoms with Gasteiger partial charge < -0.3 is 10.0 Å². The maximum Gasteiger partial charge on any atom is 0.328 e. The van der Waals surface area contributed by atoms with Crippen molar-refractivity contribution in [3.8, 4) is 0 Å². The molecule has 5 heteroatoms. The van der Waals surface area contributed by atoms with Crippen LogP contribution in [0.25, 0.3) is 11.7 Å². The summed E-state index contributed by atoms with van der Waals surface area (Å²) in [6.45, 7) is 4.19. The highest BCUT2D eigenvalue weighted by atomic mass is 16.4. The first kappa shape index (κ1) is 13.7. The quantitative estimate of drug-likeness (QED) is 0.877. The summed E-state index contributed by atoms with van der Waals surface area (Å²) in [5.41, 5.74) is 1.68. The summed E-state index contributed by atoms with van der Waals surface area (Å²) in [5, 5.41) is 8.89. The van der Waals surface area contributed by atoms with E-state index in [1.165, 1.54) is 18.9 Å². The minimum absolute atomic E-state index is 0.700. The van der Waals surface area contributed by atoms with Gasteiger partial charge in [-0.25, -0.2) is 9.78 Å². The van der Waals surface area contributed by atoms with Crippen molar-refractivity contribution in [2.24, 2.45) is 5.92 Å². The molecule has 3 rings (SSSR count). The average Bonchev–Trinajstić information content (AvgIpc) is 3.09. The summed E-state index contributed by atoms with van der Waals surface area (Å²) in [7, 11) is 0. The molecule has 1 atom stereocenters. The smallest absolute Gasteiger partial charge is 0.328 e. The molecule has 2 aromatic rings. The topological polar surface area (TPSA) is 57.8 Å². The van der Waals surface area contributed by atoms with Crippen LogP contribution in [0.3, 0.4) is 0 Å². The molecule has 0 radical (unpaired) electrons. The highest BCUT2D eigenvalue weighted by molar-refractivity contribution is 5.86. The first-order chi connectivity index (χ1) is 10.2. The van der Waals surface area contributed by atoms with Crippen molar-refractivity contribution in [3.63, 3.8) is 0 Å². The van der Waals surface area contributed by atoms with E-state index in [0.29, 0.717) is 5.92 Å². The minimum Gasteiger partial charge on any atom is -0.478 e. The molecule has 1 aliphatic heterocycles. The summed E-state index contributed by atoms with van der Waals surface area (Å²) in [6.07, 6.45) is 7.07. The number of hydrogen-bond acceptors (Lipinski definition) is 3. The third kappa shape index (κ3) is 2.63. The number of fused-ring (bicyclic) bond motifs is 1. The van der Waals surface area contributed by atoms with Gasteiger partial charge in [-0.3, -0.25) is 4.40 Å². The van der Waals surface area contributed by atoms with Crippen LogP contribution >= 0.6 is 0 Å². The van der Waals surface area contributed by atoms with Crippen molar-refractivity contribution in [1.29, 1.82) is 0 Å².